The third-order valence-electron chi connectivity index (χ3n) is 6.58. The van der Waals surface area contributed by atoms with E-state index in [2.05, 4.69) is 116 Å². The summed E-state index contributed by atoms with van der Waals surface area (Å²) < 4.78 is 0. The average Bonchev–Trinajstić information content (AvgIpc) is 3.36. The van der Waals surface area contributed by atoms with Crippen LogP contribution in [0.15, 0.2) is 49.1 Å². The molecule has 2 heterocycles. The Hall–Kier alpha value is -2.92. The van der Waals surface area contributed by atoms with Gasteiger partial charge in [-0.2, -0.15) is 0 Å². The van der Waals surface area contributed by atoms with Gasteiger partial charge in [0.05, 0.1) is 13.3 Å². The Balaban J connectivity index is 1.18. The van der Waals surface area contributed by atoms with Gasteiger partial charge in [-0.15, -0.1) is 0 Å². The number of hydrogen-bond donors (Lipinski definition) is 1. The molecule has 0 saturated heterocycles. The van der Waals surface area contributed by atoms with Crippen LogP contribution in [-0.4, -0.2) is 49.3 Å². The lowest BCUT2D eigenvalue weighted by atomic mass is 10.0. The zero-order chi connectivity index (χ0) is 23.5. The van der Waals surface area contributed by atoms with Crippen LogP contribution in [0.1, 0.15) is 33.4 Å². The second-order valence-electron chi connectivity index (χ2n) is 9.69. The largest absolute Gasteiger partial charge is 0.357 e. The Morgan fingerprint density at radius 2 is 0.939 bits per heavy atom. The highest BCUT2D eigenvalue weighted by Gasteiger charge is 2.19. The van der Waals surface area contributed by atoms with Crippen LogP contribution in [0.2, 0.25) is 0 Å². The van der Waals surface area contributed by atoms with E-state index in [0.717, 1.165) is 39.5 Å². The number of nitrogens with zero attached hydrogens (tertiary/aromatic N) is 4. The van der Waals surface area contributed by atoms with E-state index in [0.29, 0.717) is 0 Å². The number of anilines is 2. The van der Waals surface area contributed by atoms with Gasteiger partial charge < -0.3 is 24.9 Å². The summed E-state index contributed by atoms with van der Waals surface area (Å²) in [7, 11) is 0. The minimum atomic E-state index is 0.922. The van der Waals surface area contributed by atoms with Gasteiger partial charge in [-0.05, 0) is 63.8 Å². The molecular weight excluding hydrogens is 406 g/mol. The van der Waals surface area contributed by atoms with E-state index in [-0.39, 0.29) is 0 Å². The fourth-order valence-corrected chi connectivity index (χ4v) is 5.33. The molecule has 2 aliphatic heterocycles. The van der Waals surface area contributed by atoms with E-state index < -0.39 is 0 Å². The molecular formula is C28H39N5. The zero-order valence-corrected chi connectivity index (χ0v) is 21.2. The van der Waals surface area contributed by atoms with Gasteiger partial charge in [0, 0.05) is 62.4 Å². The SMILES string of the molecule is Cc1cc(C)c(N2C=CN(CCNCCN3C=CN(c4c(C)cc(C)cc4C)C3)C2)c(C)c1. The molecule has 176 valence electrons. The van der Waals surface area contributed by atoms with Gasteiger partial charge in [-0.1, -0.05) is 35.4 Å². The Bertz CT molecular complexity index is 925. The Morgan fingerprint density at radius 1 is 0.576 bits per heavy atom. The maximum atomic E-state index is 3.62. The lowest BCUT2D eigenvalue weighted by molar-refractivity contribution is 0.372. The normalized spacial score (nSPS) is 15.5. The van der Waals surface area contributed by atoms with E-state index >= 15 is 0 Å². The van der Waals surface area contributed by atoms with Gasteiger partial charge in [-0.3, -0.25) is 0 Å². The summed E-state index contributed by atoms with van der Waals surface area (Å²) >= 11 is 0. The van der Waals surface area contributed by atoms with Gasteiger partial charge >= 0.3 is 0 Å². The van der Waals surface area contributed by atoms with E-state index in [1.54, 1.807) is 0 Å². The van der Waals surface area contributed by atoms with Crippen molar-refractivity contribution in [3.8, 4) is 0 Å². The highest BCUT2D eigenvalue weighted by Crippen LogP contribution is 2.29. The first-order valence-electron chi connectivity index (χ1n) is 12.1. The molecule has 0 fully saturated rings. The smallest absolute Gasteiger partial charge is 0.0942 e. The monoisotopic (exact) mass is 445 g/mol. The van der Waals surface area contributed by atoms with Gasteiger partial charge in [0.2, 0.25) is 0 Å². The van der Waals surface area contributed by atoms with E-state index in [1.807, 2.05) is 0 Å². The van der Waals surface area contributed by atoms with Crippen LogP contribution < -0.4 is 15.1 Å². The van der Waals surface area contributed by atoms with Crippen LogP contribution in [0.5, 0.6) is 0 Å². The second-order valence-corrected chi connectivity index (χ2v) is 9.69. The molecule has 1 N–H and O–H groups in total. The number of benzene rings is 2. The van der Waals surface area contributed by atoms with Crippen molar-refractivity contribution in [2.24, 2.45) is 0 Å². The van der Waals surface area contributed by atoms with Crippen molar-refractivity contribution in [3.05, 3.63) is 82.4 Å². The lowest BCUT2D eigenvalue weighted by Gasteiger charge is -2.25. The molecule has 0 spiro atoms. The highest BCUT2D eigenvalue weighted by atomic mass is 15.4. The van der Waals surface area contributed by atoms with Gasteiger partial charge in [0.15, 0.2) is 0 Å². The fourth-order valence-electron chi connectivity index (χ4n) is 5.33. The predicted molar refractivity (Wildman–Crippen MR) is 141 cm³/mol. The van der Waals surface area contributed by atoms with Crippen LogP contribution in [0.25, 0.3) is 0 Å². The predicted octanol–water partition coefficient (Wildman–Crippen LogP) is 4.93. The number of aryl methyl sites for hydroxylation is 6. The Morgan fingerprint density at radius 3 is 1.30 bits per heavy atom. The third-order valence-corrected chi connectivity index (χ3v) is 6.58. The summed E-state index contributed by atoms with van der Waals surface area (Å²) in [6.07, 6.45) is 8.86. The summed E-state index contributed by atoms with van der Waals surface area (Å²) in [6, 6.07) is 9.09. The van der Waals surface area contributed by atoms with Crippen molar-refractivity contribution >= 4 is 11.4 Å². The first-order chi connectivity index (χ1) is 15.8. The topological polar surface area (TPSA) is 25.0 Å². The van der Waals surface area contributed by atoms with Crippen LogP contribution >= 0.6 is 0 Å². The number of hydrogen-bond acceptors (Lipinski definition) is 5. The lowest BCUT2D eigenvalue weighted by Crippen LogP contribution is -2.36. The summed E-state index contributed by atoms with van der Waals surface area (Å²) in [5.41, 5.74) is 10.7. The Kier molecular flexibility index (Phi) is 6.99. The van der Waals surface area contributed by atoms with Gasteiger partial charge in [0.1, 0.15) is 0 Å². The van der Waals surface area contributed by atoms with Gasteiger partial charge in [-0.25, -0.2) is 0 Å². The molecule has 0 unspecified atom stereocenters. The molecule has 2 aliphatic rings. The summed E-state index contributed by atoms with van der Waals surface area (Å²) in [5.74, 6) is 0. The van der Waals surface area contributed by atoms with Crippen molar-refractivity contribution in [2.75, 3.05) is 49.3 Å². The van der Waals surface area contributed by atoms with Crippen molar-refractivity contribution in [1.29, 1.82) is 0 Å². The first-order valence-corrected chi connectivity index (χ1v) is 12.1. The van der Waals surface area contributed by atoms with Crippen LogP contribution in [0.4, 0.5) is 11.4 Å². The molecule has 0 radical (unpaired) electrons. The molecule has 0 saturated carbocycles. The molecule has 4 rings (SSSR count). The summed E-state index contributed by atoms with van der Waals surface area (Å²) in [5, 5.41) is 3.62. The standard InChI is InChI=1S/C28H39N5/c1-21-15-23(3)27(24(4)16-21)32-13-11-30(19-32)9-7-29-8-10-31-12-14-33(20-31)28-25(5)17-22(2)18-26(28)6/h11-18,29H,7-10,19-20H2,1-6H3. The molecule has 0 atom stereocenters. The molecule has 0 aromatic heterocycles. The fraction of sp³-hybridized carbons (Fsp3) is 0.429. The zero-order valence-electron chi connectivity index (χ0n) is 21.2. The molecule has 0 aliphatic carbocycles. The molecule has 2 aromatic carbocycles. The van der Waals surface area contributed by atoms with Crippen molar-refractivity contribution in [3.63, 3.8) is 0 Å². The maximum Gasteiger partial charge on any atom is 0.0942 e. The van der Waals surface area contributed by atoms with Crippen molar-refractivity contribution < 1.29 is 0 Å². The molecule has 33 heavy (non-hydrogen) atoms. The minimum absolute atomic E-state index is 0.922. The number of rotatable bonds is 8. The molecule has 0 amide bonds. The average molecular weight is 446 g/mol. The molecule has 2 aromatic rings. The second kappa shape index (κ2) is 9.92. The summed E-state index contributed by atoms with van der Waals surface area (Å²) in [6.45, 7) is 19.0. The Labute approximate surface area is 200 Å². The summed E-state index contributed by atoms with van der Waals surface area (Å²) in [4.78, 5) is 9.49. The highest BCUT2D eigenvalue weighted by molar-refractivity contribution is 5.63. The van der Waals surface area contributed by atoms with Crippen LogP contribution in [-0.2, 0) is 0 Å². The van der Waals surface area contributed by atoms with E-state index in [1.165, 1.54) is 44.8 Å². The van der Waals surface area contributed by atoms with Gasteiger partial charge in [0.25, 0.3) is 0 Å². The first kappa shape index (κ1) is 23.2. The molecule has 5 nitrogen and oxygen atoms in total. The van der Waals surface area contributed by atoms with Crippen LogP contribution in [0.3, 0.4) is 0 Å². The third kappa shape index (κ3) is 5.36. The number of nitrogens with one attached hydrogen (secondary N) is 1. The van der Waals surface area contributed by atoms with Crippen molar-refractivity contribution in [2.45, 2.75) is 41.5 Å². The molecule has 5 heteroatoms. The van der Waals surface area contributed by atoms with E-state index in [4.69, 9.17) is 0 Å². The van der Waals surface area contributed by atoms with E-state index in [9.17, 15) is 0 Å². The maximum absolute atomic E-state index is 3.62. The van der Waals surface area contributed by atoms with Crippen LogP contribution in [0, 0.1) is 41.5 Å². The van der Waals surface area contributed by atoms with Crippen molar-refractivity contribution in [1.82, 2.24) is 15.1 Å². The minimum Gasteiger partial charge on any atom is -0.357 e. The quantitative estimate of drug-likeness (QED) is 0.581. The molecule has 0 bridgehead atoms.